The number of nitriles is 1. The fourth-order valence-electron chi connectivity index (χ4n) is 2.73. The number of esters is 1. The number of nitrogens with zero attached hydrogens (tertiary/aromatic N) is 4. The Morgan fingerprint density at radius 3 is 2.86 bits per heavy atom. The molecule has 6 heteroatoms. The maximum atomic E-state index is 11.6. The first-order chi connectivity index (χ1) is 10.2. The Labute approximate surface area is 122 Å². The fourth-order valence-corrected chi connectivity index (χ4v) is 2.73. The quantitative estimate of drug-likeness (QED) is 0.777. The molecule has 1 aromatic carbocycles. The molecule has 0 N–H and O–H groups in total. The van der Waals surface area contributed by atoms with Crippen molar-refractivity contribution in [3.05, 3.63) is 30.1 Å². The summed E-state index contributed by atoms with van der Waals surface area (Å²) in [6.07, 6.45) is 3.95. The molecule has 6 nitrogen and oxygen atoms in total. The van der Waals surface area contributed by atoms with Crippen molar-refractivity contribution < 1.29 is 9.53 Å². The zero-order valence-corrected chi connectivity index (χ0v) is 11.6. The Balaban J connectivity index is 1.99. The summed E-state index contributed by atoms with van der Waals surface area (Å²) in [6.45, 7) is 1.36. The first-order valence-corrected chi connectivity index (χ1v) is 6.71. The van der Waals surface area contributed by atoms with Crippen molar-refractivity contribution in [2.24, 2.45) is 5.92 Å². The second kappa shape index (κ2) is 5.37. The van der Waals surface area contributed by atoms with Gasteiger partial charge in [0.2, 0.25) is 0 Å². The average Bonchev–Trinajstić information content (AvgIpc) is 3.02. The predicted molar refractivity (Wildman–Crippen MR) is 76.6 cm³/mol. The zero-order chi connectivity index (χ0) is 14.8. The predicted octanol–water partition coefficient (Wildman–Crippen LogP) is 1.50. The number of rotatable bonds is 2. The molecule has 1 aliphatic rings. The molecular formula is C15H14N4O2. The minimum Gasteiger partial charge on any atom is -0.469 e. The van der Waals surface area contributed by atoms with Crippen molar-refractivity contribution in [3.8, 4) is 6.07 Å². The average molecular weight is 282 g/mol. The third-order valence-electron chi connectivity index (χ3n) is 3.79. The molecule has 0 amide bonds. The summed E-state index contributed by atoms with van der Waals surface area (Å²) in [4.78, 5) is 22.3. The molecule has 106 valence electrons. The standard InChI is InChI=1S/C15H14N4O2/c1-21-15(20)11-4-7-19(9-11)12-3-2-10(8-16)13-14(12)18-6-5-17-13/h2-3,5-6,11H,4,7,9H2,1H3. The van der Waals surface area contributed by atoms with E-state index in [1.165, 1.54) is 7.11 Å². The van der Waals surface area contributed by atoms with Gasteiger partial charge < -0.3 is 9.64 Å². The number of carbonyl (C=O) groups excluding carboxylic acids is 1. The van der Waals surface area contributed by atoms with Crippen LogP contribution in [-0.2, 0) is 9.53 Å². The maximum absolute atomic E-state index is 11.6. The first kappa shape index (κ1) is 13.3. The SMILES string of the molecule is COC(=O)C1CCN(c2ccc(C#N)c3nccnc23)C1. The van der Waals surface area contributed by atoms with Gasteiger partial charge in [0, 0.05) is 25.5 Å². The highest BCUT2D eigenvalue weighted by atomic mass is 16.5. The fraction of sp³-hybridized carbons (Fsp3) is 0.333. The molecule has 0 saturated carbocycles. The van der Waals surface area contributed by atoms with E-state index in [0.717, 1.165) is 18.7 Å². The molecule has 1 atom stereocenters. The summed E-state index contributed by atoms with van der Waals surface area (Å²) >= 11 is 0. The molecule has 21 heavy (non-hydrogen) atoms. The minimum absolute atomic E-state index is 0.114. The molecule has 2 aromatic rings. The van der Waals surface area contributed by atoms with Crippen LogP contribution in [-0.4, -0.2) is 36.1 Å². The highest BCUT2D eigenvalue weighted by Gasteiger charge is 2.30. The van der Waals surface area contributed by atoms with E-state index < -0.39 is 0 Å². The molecule has 1 saturated heterocycles. The molecule has 3 rings (SSSR count). The van der Waals surface area contributed by atoms with Gasteiger partial charge in [-0.2, -0.15) is 5.26 Å². The van der Waals surface area contributed by atoms with Gasteiger partial charge in [-0.25, -0.2) is 0 Å². The third kappa shape index (κ3) is 2.27. The monoisotopic (exact) mass is 282 g/mol. The Bertz CT molecular complexity index is 738. The second-order valence-corrected chi connectivity index (χ2v) is 4.95. The molecule has 0 bridgehead atoms. The summed E-state index contributed by atoms with van der Waals surface area (Å²) < 4.78 is 4.81. The van der Waals surface area contributed by atoms with Crippen LogP contribution in [0.1, 0.15) is 12.0 Å². The summed E-state index contributed by atoms with van der Waals surface area (Å²) in [6, 6.07) is 5.75. The number of fused-ring (bicyclic) bond motifs is 1. The smallest absolute Gasteiger partial charge is 0.310 e. The highest BCUT2D eigenvalue weighted by molar-refractivity contribution is 5.92. The van der Waals surface area contributed by atoms with Crippen molar-refractivity contribution in [2.75, 3.05) is 25.1 Å². The highest BCUT2D eigenvalue weighted by Crippen LogP contribution is 2.30. The van der Waals surface area contributed by atoms with E-state index in [-0.39, 0.29) is 11.9 Å². The van der Waals surface area contributed by atoms with Gasteiger partial charge in [0.25, 0.3) is 0 Å². The topological polar surface area (TPSA) is 79.1 Å². The normalized spacial score (nSPS) is 17.7. The lowest BCUT2D eigenvalue weighted by Gasteiger charge is -2.19. The van der Waals surface area contributed by atoms with Gasteiger partial charge in [0.05, 0.1) is 24.3 Å². The number of hydrogen-bond donors (Lipinski definition) is 0. The Hall–Kier alpha value is -2.68. The van der Waals surface area contributed by atoms with Crippen molar-refractivity contribution >= 4 is 22.7 Å². The zero-order valence-electron chi connectivity index (χ0n) is 11.6. The Kier molecular flexibility index (Phi) is 3.40. The Morgan fingerprint density at radius 2 is 2.14 bits per heavy atom. The number of aromatic nitrogens is 2. The summed E-state index contributed by atoms with van der Waals surface area (Å²) in [5, 5.41) is 9.15. The van der Waals surface area contributed by atoms with Crippen molar-refractivity contribution in [1.29, 1.82) is 5.26 Å². The van der Waals surface area contributed by atoms with E-state index in [4.69, 9.17) is 10.00 Å². The van der Waals surface area contributed by atoms with Gasteiger partial charge in [-0.15, -0.1) is 0 Å². The van der Waals surface area contributed by atoms with Crippen LogP contribution in [0.4, 0.5) is 5.69 Å². The van der Waals surface area contributed by atoms with Crippen LogP contribution in [0.3, 0.4) is 0 Å². The summed E-state index contributed by atoms with van der Waals surface area (Å²) in [5.74, 6) is -0.293. The van der Waals surface area contributed by atoms with Gasteiger partial charge in [0.1, 0.15) is 17.1 Å². The molecule has 0 spiro atoms. The second-order valence-electron chi connectivity index (χ2n) is 4.95. The molecule has 1 aromatic heterocycles. The molecule has 0 radical (unpaired) electrons. The van der Waals surface area contributed by atoms with Crippen molar-refractivity contribution in [2.45, 2.75) is 6.42 Å². The van der Waals surface area contributed by atoms with Crippen LogP contribution in [0, 0.1) is 17.2 Å². The van der Waals surface area contributed by atoms with Crippen LogP contribution in [0.25, 0.3) is 11.0 Å². The number of benzene rings is 1. The molecule has 1 unspecified atom stereocenters. The van der Waals surface area contributed by atoms with Crippen LogP contribution in [0.2, 0.25) is 0 Å². The lowest BCUT2D eigenvalue weighted by Crippen LogP contribution is -2.24. The largest absolute Gasteiger partial charge is 0.469 e. The number of ether oxygens (including phenoxy) is 1. The van der Waals surface area contributed by atoms with E-state index in [9.17, 15) is 4.79 Å². The number of hydrogen-bond acceptors (Lipinski definition) is 6. The van der Waals surface area contributed by atoms with E-state index in [0.29, 0.717) is 23.1 Å². The molecule has 1 fully saturated rings. The molecule has 2 heterocycles. The minimum atomic E-state index is -0.179. The van der Waals surface area contributed by atoms with Gasteiger partial charge in [-0.3, -0.25) is 14.8 Å². The van der Waals surface area contributed by atoms with E-state index in [2.05, 4.69) is 20.9 Å². The summed E-state index contributed by atoms with van der Waals surface area (Å²) in [5.41, 5.74) is 2.70. The lowest BCUT2D eigenvalue weighted by molar-refractivity contribution is -0.144. The molecular weight excluding hydrogens is 268 g/mol. The van der Waals surface area contributed by atoms with Gasteiger partial charge >= 0.3 is 5.97 Å². The van der Waals surface area contributed by atoms with Crippen molar-refractivity contribution in [3.63, 3.8) is 0 Å². The maximum Gasteiger partial charge on any atom is 0.310 e. The molecule has 0 aliphatic carbocycles. The lowest BCUT2D eigenvalue weighted by atomic mass is 10.1. The van der Waals surface area contributed by atoms with E-state index in [1.807, 2.05) is 6.07 Å². The molecule has 1 aliphatic heterocycles. The van der Waals surface area contributed by atoms with Crippen LogP contribution < -0.4 is 4.90 Å². The van der Waals surface area contributed by atoms with Crippen LogP contribution in [0.15, 0.2) is 24.5 Å². The van der Waals surface area contributed by atoms with E-state index >= 15 is 0 Å². The van der Waals surface area contributed by atoms with Gasteiger partial charge in [-0.05, 0) is 18.6 Å². The van der Waals surface area contributed by atoms with Crippen molar-refractivity contribution in [1.82, 2.24) is 9.97 Å². The van der Waals surface area contributed by atoms with Crippen LogP contribution in [0.5, 0.6) is 0 Å². The first-order valence-electron chi connectivity index (χ1n) is 6.71. The number of methoxy groups -OCH3 is 1. The number of carbonyl (C=O) groups is 1. The van der Waals surface area contributed by atoms with Crippen LogP contribution >= 0.6 is 0 Å². The Morgan fingerprint density at radius 1 is 1.38 bits per heavy atom. The number of anilines is 1. The van der Waals surface area contributed by atoms with Gasteiger partial charge in [-0.1, -0.05) is 0 Å². The summed E-state index contributed by atoms with van der Waals surface area (Å²) in [7, 11) is 1.41. The third-order valence-corrected chi connectivity index (χ3v) is 3.79. The van der Waals surface area contributed by atoms with Gasteiger partial charge in [0.15, 0.2) is 0 Å². The van der Waals surface area contributed by atoms with E-state index in [1.54, 1.807) is 18.5 Å².